The van der Waals surface area contributed by atoms with Gasteiger partial charge in [-0.3, -0.25) is 0 Å². The van der Waals surface area contributed by atoms with Crippen molar-refractivity contribution in [1.82, 2.24) is 9.61 Å². The van der Waals surface area contributed by atoms with E-state index in [1.165, 1.54) is 6.20 Å². The fourth-order valence-corrected chi connectivity index (χ4v) is 3.32. The fourth-order valence-electron chi connectivity index (χ4n) is 3.32. The summed E-state index contributed by atoms with van der Waals surface area (Å²) in [5, 5.41) is 17.2. The number of methoxy groups -OCH3 is 1. The predicted octanol–water partition coefficient (Wildman–Crippen LogP) is 3.96. The molecular formula is C23H21N7O2. The molecule has 2 aromatic carbocycles. The van der Waals surface area contributed by atoms with E-state index in [-0.39, 0.29) is 5.96 Å². The number of fused-ring (bicyclic) bond motifs is 1. The van der Waals surface area contributed by atoms with Gasteiger partial charge < -0.3 is 26.3 Å². The summed E-state index contributed by atoms with van der Waals surface area (Å²) in [6.07, 6.45) is 3.20. The zero-order valence-electron chi connectivity index (χ0n) is 17.5. The van der Waals surface area contributed by atoms with E-state index in [9.17, 15) is 5.26 Å². The third-order valence-corrected chi connectivity index (χ3v) is 4.82. The van der Waals surface area contributed by atoms with E-state index >= 15 is 0 Å². The number of nitrogens with one attached hydrogen (secondary N) is 1. The Balaban J connectivity index is 1.66. The van der Waals surface area contributed by atoms with Crippen LogP contribution in [0.4, 0.5) is 17.1 Å². The largest absolute Gasteiger partial charge is 0.493 e. The molecule has 9 nitrogen and oxygen atoms in total. The van der Waals surface area contributed by atoms with Crippen LogP contribution < -0.4 is 26.3 Å². The molecule has 160 valence electrons. The van der Waals surface area contributed by atoms with Gasteiger partial charge in [-0.2, -0.15) is 10.4 Å². The maximum atomic E-state index is 9.62. The second kappa shape index (κ2) is 8.57. The molecule has 32 heavy (non-hydrogen) atoms. The van der Waals surface area contributed by atoms with Gasteiger partial charge in [-0.25, -0.2) is 9.51 Å². The number of aliphatic imine (C=N–C) groups is 1. The normalized spacial score (nSPS) is 10.4. The highest BCUT2D eigenvalue weighted by atomic mass is 16.5. The van der Waals surface area contributed by atoms with Gasteiger partial charge in [0.25, 0.3) is 0 Å². The molecule has 9 heteroatoms. The summed E-state index contributed by atoms with van der Waals surface area (Å²) in [4.78, 5) is 4.14. The van der Waals surface area contributed by atoms with Gasteiger partial charge in [0.05, 0.1) is 42.0 Å². The van der Waals surface area contributed by atoms with Crippen LogP contribution in [0.15, 0.2) is 65.9 Å². The fraction of sp³-hybridized carbons (Fsp3) is 0.0870. The summed E-state index contributed by atoms with van der Waals surface area (Å²) < 4.78 is 12.9. The predicted molar refractivity (Wildman–Crippen MR) is 123 cm³/mol. The summed E-state index contributed by atoms with van der Waals surface area (Å²) in [7, 11) is 1.60. The Bertz CT molecular complexity index is 1350. The summed E-state index contributed by atoms with van der Waals surface area (Å²) >= 11 is 0. The Morgan fingerprint density at radius 3 is 2.50 bits per heavy atom. The van der Waals surface area contributed by atoms with E-state index in [2.05, 4.69) is 21.5 Å². The summed E-state index contributed by atoms with van der Waals surface area (Å²) in [6.45, 7) is 1.87. The lowest BCUT2D eigenvalue weighted by atomic mass is 10.1. The third-order valence-electron chi connectivity index (χ3n) is 4.82. The first-order valence-electron chi connectivity index (χ1n) is 9.68. The molecule has 2 aromatic heterocycles. The Morgan fingerprint density at radius 1 is 1.12 bits per heavy atom. The number of anilines is 2. The monoisotopic (exact) mass is 427 g/mol. The standard InChI is InChI=1S/C23H21N7O2/c1-14-18(29-23(25)26)13-30-22(14)21(15(11-24)12-27-30)28-16-7-9-17(10-8-16)32-20-6-4-3-5-19(20)31-2/h3-10,12-13,28H,1-2H3,(H4,25,26,29). The van der Waals surface area contributed by atoms with Crippen molar-refractivity contribution in [2.75, 3.05) is 12.4 Å². The molecule has 0 aliphatic heterocycles. The van der Waals surface area contributed by atoms with Gasteiger partial charge in [0.1, 0.15) is 11.8 Å². The van der Waals surface area contributed by atoms with Gasteiger partial charge in [-0.15, -0.1) is 0 Å². The molecule has 4 aromatic rings. The first-order chi connectivity index (χ1) is 15.5. The molecule has 0 atom stereocenters. The minimum atomic E-state index is -0.0512. The topological polar surface area (TPSA) is 136 Å². The van der Waals surface area contributed by atoms with E-state index in [1.54, 1.807) is 17.8 Å². The number of benzene rings is 2. The summed E-state index contributed by atoms with van der Waals surface area (Å²) in [5.41, 5.74) is 14.9. The van der Waals surface area contributed by atoms with Gasteiger partial charge in [-0.1, -0.05) is 12.1 Å². The van der Waals surface area contributed by atoms with Crippen LogP contribution in [0.3, 0.4) is 0 Å². The maximum Gasteiger partial charge on any atom is 0.191 e. The smallest absolute Gasteiger partial charge is 0.191 e. The van der Waals surface area contributed by atoms with Crippen LogP contribution in [0, 0.1) is 18.3 Å². The van der Waals surface area contributed by atoms with E-state index in [1.807, 2.05) is 55.5 Å². The van der Waals surface area contributed by atoms with Crippen molar-refractivity contribution in [2.45, 2.75) is 6.92 Å². The molecule has 0 saturated heterocycles. The lowest BCUT2D eigenvalue weighted by Crippen LogP contribution is -2.21. The van der Waals surface area contributed by atoms with Gasteiger partial charge >= 0.3 is 0 Å². The highest BCUT2D eigenvalue weighted by Crippen LogP contribution is 2.35. The van der Waals surface area contributed by atoms with E-state index in [0.29, 0.717) is 39.7 Å². The van der Waals surface area contributed by atoms with Crippen LogP contribution in [-0.4, -0.2) is 22.7 Å². The number of aryl methyl sites for hydroxylation is 1. The molecule has 0 aliphatic rings. The number of para-hydroxylation sites is 2. The first kappa shape index (κ1) is 20.6. The lowest BCUT2D eigenvalue weighted by molar-refractivity contribution is 0.379. The molecule has 0 saturated carbocycles. The molecule has 2 heterocycles. The molecule has 0 unspecified atom stereocenters. The van der Waals surface area contributed by atoms with Crippen molar-refractivity contribution < 1.29 is 9.47 Å². The minimum Gasteiger partial charge on any atom is -0.493 e. The van der Waals surface area contributed by atoms with Crippen molar-refractivity contribution in [3.8, 4) is 23.3 Å². The van der Waals surface area contributed by atoms with Gasteiger partial charge in [-0.05, 0) is 43.3 Å². The second-order valence-corrected chi connectivity index (χ2v) is 6.92. The molecule has 0 radical (unpaired) electrons. The Kier molecular flexibility index (Phi) is 5.51. The average molecular weight is 427 g/mol. The summed E-state index contributed by atoms with van der Waals surface area (Å²) in [6, 6.07) is 17.0. The quantitative estimate of drug-likeness (QED) is 0.313. The van der Waals surface area contributed by atoms with Gasteiger partial charge in [0.15, 0.2) is 17.5 Å². The van der Waals surface area contributed by atoms with Crippen LogP contribution in [0.2, 0.25) is 0 Å². The van der Waals surface area contributed by atoms with Crippen molar-refractivity contribution in [3.63, 3.8) is 0 Å². The lowest BCUT2D eigenvalue weighted by Gasteiger charge is -2.13. The molecule has 0 amide bonds. The molecule has 0 bridgehead atoms. The highest BCUT2D eigenvalue weighted by molar-refractivity contribution is 5.89. The Labute approximate surface area is 184 Å². The van der Waals surface area contributed by atoms with Crippen LogP contribution in [0.25, 0.3) is 5.52 Å². The maximum absolute atomic E-state index is 9.62. The van der Waals surface area contributed by atoms with Crippen LogP contribution in [-0.2, 0) is 0 Å². The number of rotatable bonds is 6. The Hall–Kier alpha value is -4.71. The number of nitrogens with zero attached hydrogens (tertiary/aromatic N) is 4. The van der Waals surface area contributed by atoms with Crippen molar-refractivity contribution >= 4 is 28.5 Å². The molecule has 5 N–H and O–H groups in total. The SMILES string of the molecule is COc1ccccc1Oc1ccc(Nc2c(C#N)cnn3cc(N=C(N)N)c(C)c23)cc1. The number of hydrogen-bond donors (Lipinski definition) is 3. The third kappa shape index (κ3) is 3.97. The van der Waals surface area contributed by atoms with Crippen LogP contribution in [0.5, 0.6) is 17.2 Å². The number of hydrogen-bond acceptors (Lipinski definition) is 6. The molecule has 0 spiro atoms. The first-order valence-corrected chi connectivity index (χ1v) is 9.68. The van der Waals surface area contributed by atoms with Crippen molar-refractivity contribution in [1.29, 1.82) is 5.26 Å². The highest BCUT2D eigenvalue weighted by Gasteiger charge is 2.16. The van der Waals surface area contributed by atoms with Gasteiger partial charge in [0.2, 0.25) is 0 Å². The number of guanidine groups is 1. The molecule has 0 aliphatic carbocycles. The molecule has 0 fully saturated rings. The zero-order chi connectivity index (χ0) is 22.7. The molecular weight excluding hydrogens is 406 g/mol. The second-order valence-electron chi connectivity index (χ2n) is 6.92. The molecule has 4 rings (SSSR count). The van der Waals surface area contributed by atoms with Gasteiger partial charge in [0, 0.05) is 11.3 Å². The number of nitriles is 1. The number of aromatic nitrogens is 2. The zero-order valence-corrected chi connectivity index (χ0v) is 17.5. The minimum absolute atomic E-state index is 0.0512. The average Bonchev–Trinajstić information content (AvgIpc) is 3.10. The summed E-state index contributed by atoms with van der Waals surface area (Å²) in [5.74, 6) is 1.86. The van der Waals surface area contributed by atoms with Crippen LogP contribution >= 0.6 is 0 Å². The van der Waals surface area contributed by atoms with E-state index in [4.69, 9.17) is 20.9 Å². The van der Waals surface area contributed by atoms with E-state index < -0.39 is 0 Å². The van der Waals surface area contributed by atoms with Crippen LogP contribution in [0.1, 0.15) is 11.1 Å². The van der Waals surface area contributed by atoms with Crippen molar-refractivity contribution in [2.24, 2.45) is 16.5 Å². The number of nitrogens with two attached hydrogens (primary N) is 2. The number of ether oxygens (including phenoxy) is 2. The Morgan fingerprint density at radius 2 is 1.84 bits per heavy atom. The van der Waals surface area contributed by atoms with E-state index in [0.717, 1.165) is 11.3 Å². The van der Waals surface area contributed by atoms with Crippen molar-refractivity contribution in [3.05, 3.63) is 72.1 Å².